The molecule has 0 nitrogen and oxygen atoms in total. The van der Waals surface area contributed by atoms with E-state index >= 15 is 0 Å². The van der Waals surface area contributed by atoms with Gasteiger partial charge in [-0.2, -0.15) is 0 Å². The van der Waals surface area contributed by atoms with Gasteiger partial charge in [0.15, 0.2) is 0 Å². The molecular weight excluding hydrogens is 125 g/mol. The molecule has 0 unspecified atom stereocenters. The first-order valence-electron chi connectivity index (χ1n) is 0.695. The Morgan fingerprint density at radius 3 is 1.50 bits per heavy atom. The maximum absolute atomic E-state index is 10.3. The van der Waals surface area contributed by atoms with Gasteiger partial charge in [0.25, 0.3) is 0 Å². The van der Waals surface area contributed by atoms with Crippen LogP contribution in [0.25, 0.3) is 0 Å². The third kappa shape index (κ3) is 27.8. The zero-order valence-electron chi connectivity index (χ0n) is 1.78. The van der Waals surface area contributed by atoms with Crippen molar-refractivity contribution in [2.45, 2.75) is 5.21 Å². The van der Waals surface area contributed by atoms with Crippen LogP contribution in [-0.4, -0.2) is 22.1 Å². The van der Waals surface area contributed by atoms with E-state index in [0.717, 1.165) is 0 Å². The van der Waals surface area contributed by atoms with E-state index < -0.39 is 5.21 Å². The van der Waals surface area contributed by atoms with E-state index in [4.69, 9.17) is 0 Å². The molecule has 3 heteroatoms. The van der Waals surface area contributed by atoms with Crippen molar-refractivity contribution >= 4 is 16.9 Å². The van der Waals surface area contributed by atoms with Crippen LogP contribution in [0.4, 0.5) is 8.78 Å². The van der Waals surface area contributed by atoms with Gasteiger partial charge in [-0.05, 0) is 0 Å². The molecule has 0 fully saturated rings. The van der Waals surface area contributed by atoms with Gasteiger partial charge in [-0.15, -0.1) is 0 Å². The molecule has 0 aliphatic carbocycles. The van der Waals surface area contributed by atoms with E-state index in [2.05, 4.69) is 0 Å². The average Bonchev–Trinajstić information content (AvgIpc) is 0.811. The van der Waals surface area contributed by atoms with Gasteiger partial charge in [0.2, 0.25) is 0 Å². The molecule has 0 aliphatic heterocycles. The summed E-state index contributed by atoms with van der Waals surface area (Å²) in [5.41, 5.74) is 0. The molecule has 4 heavy (non-hydrogen) atoms. The van der Waals surface area contributed by atoms with Crippen molar-refractivity contribution in [1.82, 2.24) is 0 Å². The van der Waals surface area contributed by atoms with Crippen LogP contribution in [0.15, 0.2) is 0 Å². The predicted molar refractivity (Wildman–Crippen MR) is 11.8 cm³/mol. The Bertz CT molecular complexity index is 10.8. The quantitative estimate of drug-likeness (QED) is 0.411. The van der Waals surface area contributed by atoms with Gasteiger partial charge in [0.1, 0.15) is 0 Å². The van der Waals surface area contributed by atoms with Gasteiger partial charge in [0.05, 0.1) is 0 Å². The number of hydrogen-bond acceptors (Lipinski definition) is 0. The van der Waals surface area contributed by atoms with Crippen molar-refractivity contribution < 1.29 is 8.78 Å². The Morgan fingerprint density at radius 1 is 1.50 bits per heavy atom. The average molecular weight is 126 g/mol. The molecule has 0 aromatic carbocycles. The first kappa shape index (κ1) is 4.42. The fourth-order valence-corrected chi connectivity index (χ4v) is 0. The van der Waals surface area contributed by atoms with Crippen molar-refractivity contribution in [3.05, 3.63) is 0 Å². The monoisotopic (exact) mass is 126 g/mol. The number of rotatable bonds is 0. The topological polar surface area (TPSA) is 0 Å². The molecule has 0 amide bonds. The molecule has 0 aromatic heterocycles. The van der Waals surface area contributed by atoms with Crippen LogP contribution in [0.5, 0.6) is 0 Å². The Labute approximate surface area is 31.7 Å². The van der Waals surface area contributed by atoms with Crippen LogP contribution < -0.4 is 0 Å². The van der Waals surface area contributed by atoms with Crippen LogP contribution >= 0.6 is 0 Å². The zero-order valence-corrected chi connectivity index (χ0v) is 3.66. The van der Waals surface area contributed by atoms with Crippen molar-refractivity contribution in [2.75, 3.05) is 0 Å². The van der Waals surface area contributed by atoms with E-state index in [1.165, 1.54) is 16.9 Å². The molecule has 0 saturated heterocycles. The van der Waals surface area contributed by atoms with Crippen LogP contribution in [0.3, 0.4) is 0 Å². The summed E-state index contributed by atoms with van der Waals surface area (Å²) in [6, 6.07) is 0. The minimum absolute atomic E-state index is 1.20. The summed E-state index contributed by atoms with van der Waals surface area (Å²) in [4.78, 5) is 0. The van der Waals surface area contributed by atoms with Crippen LogP contribution in [0.2, 0.25) is 0 Å². The van der Waals surface area contributed by atoms with Gasteiger partial charge in [0, 0.05) is 0 Å². The van der Waals surface area contributed by atoms with Gasteiger partial charge in [-0.25, -0.2) is 0 Å². The number of halogens is 2. The van der Waals surface area contributed by atoms with E-state index in [1.54, 1.807) is 0 Å². The minimum atomic E-state index is -2.23. The summed E-state index contributed by atoms with van der Waals surface area (Å²) >= 11 is 1.20. The summed E-state index contributed by atoms with van der Waals surface area (Å²) in [5.74, 6) is 0. The Hall–Kier alpha value is 0.418. The van der Waals surface area contributed by atoms with Crippen LogP contribution in [0.1, 0.15) is 0 Å². The molecule has 0 N–H and O–H groups in total. The standard InChI is InChI=1S/CHAsF2/c2-1(3)4/h1H. The summed E-state index contributed by atoms with van der Waals surface area (Å²) in [6.45, 7) is 0. The second-order valence-electron chi connectivity index (χ2n) is 0.278. The summed E-state index contributed by atoms with van der Waals surface area (Å²) < 4.78 is 20.6. The molecule has 0 aliphatic rings. The van der Waals surface area contributed by atoms with E-state index in [1.807, 2.05) is 0 Å². The molecule has 0 atom stereocenters. The van der Waals surface area contributed by atoms with Crippen LogP contribution in [-0.2, 0) is 0 Å². The first-order chi connectivity index (χ1) is 1.73. The molecule has 0 rings (SSSR count). The van der Waals surface area contributed by atoms with Crippen LogP contribution in [0, 0.1) is 0 Å². The van der Waals surface area contributed by atoms with Gasteiger partial charge < -0.3 is 0 Å². The second-order valence-corrected chi connectivity index (χ2v) is 1.10. The van der Waals surface area contributed by atoms with Gasteiger partial charge >= 0.3 is 30.8 Å². The number of hydrogen-bond donors (Lipinski definition) is 0. The maximum atomic E-state index is 10.3. The molecule has 0 saturated carbocycles. The van der Waals surface area contributed by atoms with Crippen molar-refractivity contribution in [2.24, 2.45) is 0 Å². The summed E-state index contributed by atoms with van der Waals surface area (Å²) in [5, 5.41) is -2.23. The van der Waals surface area contributed by atoms with E-state index in [9.17, 15) is 8.78 Å². The zero-order chi connectivity index (χ0) is 3.58. The van der Waals surface area contributed by atoms with Crippen molar-refractivity contribution in [1.29, 1.82) is 0 Å². The molecule has 2 radical (unpaired) electrons. The molecule has 0 heterocycles. The number of alkyl halides is 2. The SMILES string of the molecule is FC(F)[As]. The second kappa shape index (κ2) is 1.71. The van der Waals surface area contributed by atoms with Gasteiger partial charge in [-0.1, -0.05) is 0 Å². The van der Waals surface area contributed by atoms with E-state index in [0.29, 0.717) is 0 Å². The fraction of sp³-hybridized carbons (Fsp3) is 1.00. The first-order valence-corrected chi connectivity index (χ1v) is 1.78. The molecular formula is CHAsF2. The van der Waals surface area contributed by atoms with Crippen molar-refractivity contribution in [3.63, 3.8) is 0 Å². The van der Waals surface area contributed by atoms with Crippen molar-refractivity contribution in [3.8, 4) is 0 Å². The summed E-state index contributed by atoms with van der Waals surface area (Å²) in [6.07, 6.45) is 0. The molecule has 0 spiro atoms. The Kier molecular flexibility index (Phi) is 1.89. The predicted octanol–water partition coefficient (Wildman–Crippen LogP) is 0.377. The summed E-state index contributed by atoms with van der Waals surface area (Å²) in [7, 11) is 0. The third-order valence-electron chi connectivity index (χ3n) is 0. The molecule has 0 bridgehead atoms. The van der Waals surface area contributed by atoms with E-state index in [-0.39, 0.29) is 0 Å². The molecule has 0 aromatic rings. The van der Waals surface area contributed by atoms with Gasteiger partial charge in [-0.3, -0.25) is 0 Å². The fourth-order valence-electron chi connectivity index (χ4n) is 0. The Morgan fingerprint density at radius 2 is 1.50 bits per heavy atom. The third-order valence-corrected chi connectivity index (χ3v) is 0. The normalized spacial score (nSPS) is 9.00. The Balaban J connectivity index is 2.32. The molecule has 24 valence electrons.